The lowest BCUT2D eigenvalue weighted by Gasteiger charge is -2.23. The molecule has 2 aromatic rings. The van der Waals surface area contributed by atoms with Gasteiger partial charge in [0.2, 0.25) is 0 Å². The Kier molecular flexibility index (Phi) is 6.36. The van der Waals surface area contributed by atoms with E-state index in [1.807, 2.05) is 45.9 Å². The highest BCUT2D eigenvalue weighted by atomic mass is 16.5. The summed E-state index contributed by atoms with van der Waals surface area (Å²) in [4.78, 5) is 23.8. The second-order valence-electron chi connectivity index (χ2n) is 6.68. The summed E-state index contributed by atoms with van der Waals surface area (Å²) in [7, 11) is 0. The molecule has 0 bridgehead atoms. The van der Waals surface area contributed by atoms with Crippen molar-refractivity contribution in [1.82, 2.24) is 10.8 Å². The van der Waals surface area contributed by atoms with Gasteiger partial charge < -0.3 is 10.6 Å². The number of aryl methyl sites for hydroxylation is 2. The minimum absolute atomic E-state index is 0.151. The molecule has 0 saturated carbocycles. The number of hydrogen-bond donors (Lipinski definition) is 4. The summed E-state index contributed by atoms with van der Waals surface area (Å²) >= 11 is 0. The van der Waals surface area contributed by atoms with Gasteiger partial charge in [0.25, 0.3) is 5.91 Å². The Morgan fingerprint density at radius 3 is 2.15 bits per heavy atom. The van der Waals surface area contributed by atoms with Gasteiger partial charge in [0.05, 0.1) is 6.04 Å². The third kappa shape index (κ3) is 4.83. The topological polar surface area (TPSA) is 90.5 Å². The first-order valence-corrected chi connectivity index (χ1v) is 8.51. The summed E-state index contributed by atoms with van der Waals surface area (Å²) in [6.45, 7) is 8.04. The molecule has 6 nitrogen and oxygen atoms in total. The molecule has 0 unspecified atom stereocenters. The predicted octanol–water partition coefficient (Wildman–Crippen LogP) is 3.94. The summed E-state index contributed by atoms with van der Waals surface area (Å²) in [5.41, 5.74) is 5.85. The van der Waals surface area contributed by atoms with Gasteiger partial charge in [-0.1, -0.05) is 32.0 Å². The molecule has 0 saturated heterocycles. The molecule has 3 amide bonds. The van der Waals surface area contributed by atoms with Crippen LogP contribution in [-0.2, 0) is 0 Å². The van der Waals surface area contributed by atoms with E-state index in [1.54, 1.807) is 29.7 Å². The largest absolute Gasteiger partial charge is 0.331 e. The molecule has 2 rings (SSSR count). The zero-order chi connectivity index (χ0) is 19.3. The smallest absolute Gasteiger partial charge is 0.319 e. The lowest BCUT2D eigenvalue weighted by molar-refractivity contribution is 0.0706. The van der Waals surface area contributed by atoms with Crippen LogP contribution in [0.25, 0.3) is 0 Å². The molecule has 138 valence electrons. The van der Waals surface area contributed by atoms with Crippen molar-refractivity contribution in [3.63, 3.8) is 0 Å². The molecule has 0 aliphatic heterocycles. The zero-order valence-corrected chi connectivity index (χ0v) is 15.5. The van der Waals surface area contributed by atoms with E-state index in [1.165, 1.54) is 5.56 Å². The van der Waals surface area contributed by atoms with Crippen LogP contribution in [0.2, 0.25) is 0 Å². The molecule has 6 heteroatoms. The number of amides is 3. The van der Waals surface area contributed by atoms with Gasteiger partial charge in [-0.05, 0) is 60.7 Å². The SMILES string of the molecule is Cc1ccc(NC(=O)N[C@@H](c2ccc(C(=O)NO)cc2)C(C)C)cc1C. The molecule has 0 aliphatic rings. The van der Waals surface area contributed by atoms with Gasteiger partial charge in [-0.3, -0.25) is 10.0 Å². The highest BCUT2D eigenvalue weighted by molar-refractivity contribution is 5.93. The molecule has 0 radical (unpaired) electrons. The maximum absolute atomic E-state index is 12.4. The predicted molar refractivity (Wildman–Crippen MR) is 101 cm³/mol. The number of benzene rings is 2. The number of carbonyl (C=O) groups excluding carboxylic acids is 2. The van der Waals surface area contributed by atoms with Gasteiger partial charge in [-0.25, -0.2) is 10.3 Å². The van der Waals surface area contributed by atoms with E-state index in [0.29, 0.717) is 5.56 Å². The number of carbonyl (C=O) groups is 2. The third-order valence-corrected chi connectivity index (χ3v) is 4.35. The van der Waals surface area contributed by atoms with Crippen molar-refractivity contribution in [2.24, 2.45) is 5.92 Å². The van der Waals surface area contributed by atoms with Crippen molar-refractivity contribution in [1.29, 1.82) is 0 Å². The van der Waals surface area contributed by atoms with Crippen molar-refractivity contribution >= 4 is 17.6 Å². The van der Waals surface area contributed by atoms with Crippen LogP contribution in [0.5, 0.6) is 0 Å². The molecular formula is C20H25N3O3. The van der Waals surface area contributed by atoms with Crippen molar-refractivity contribution in [3.8, 4) is 0 Å². The van der Waals surface area contributed by atoms with Crippen molar-refractivity contribution < 1.29 is 14.8 Å². The molecule has 26 heavy (non-hydrogen) atoms. The fraction of sp³-hybridized carbons (Fsp3) is 0.300. The third-order valence-electron chi connectivity index (χ3n) is 4.35. The molecule has 0 aromatic heterocycles. The summed E-state index contributed by atoms with van der Waals surface area (Å²) < 4.78 is 0. The van der Waals surface area contributed by atoms with Crippen molar-refractivity contribution in [3.05, 3.63) is 64.7 Å². The van der Waals surface area contributed by atoms with Crippen LogP contribution >= 0.6 is 0 Å². The van der Waals surface area contributed by atoms with Crippen molar-refractivity contribution in [2.75, 3.05) is 5.32 Å². The standard InChI is InChI=1S/C20H25N3O3/c1-12(2)18(15-6-8-16(9-7-15)19(24)23-26)22-20(25)21-17-10-5-13(3)14(4)11-17/h5-12,18,26H,1-4H3,(H,23,24)(H2,21,22,25)/t18-/m1/s1. The fourth-order valence-electron chi connectivity index (χ4n) is 2.67. The number of rotatable bonds is 5. The van der Waals surface area contributed by atoms with Gasteiger partial charge in [-0.15, -0.1) is 0 Å². The normalized spacial score (nSPS) is 11.8. The second-order valence-corrected chi connectivity index (χ2v) is 6.68. The van der Waals surface area contributed by atoms with Crippen LogP contribution in [-0.4, -0.2) is 17.1 Å². The molecule has 1 atom stereocenters. The molecule has 4 N–H and O–H groups in total. The van der Waals surface area contributed by atoms with Gasteiger partial charge in [0.15, 0.2) is 0 Å². The monoisotopic (exact) mass is 355 g/mol. The van der Waals surface area contributed by atoms with Gasteiger partial charge in [0.1, 0.15) is 0 Å². The molecular weight excluding hydrogens is 330 g/mol. The first-order chi connectivity index (χ1) is 12.3. The van der Waals surface area contributed by atoms with Crippen LogP contribution < -0.4 is 16.1 Å². The summed E-state index contributed by atoms with van der Waals surface area (Å²) in [6, 6.07) is 12.0. The van der Waals surface area contributed by atoms with E-state index < -0.39 is 5.91 Å². The molecule has 0 heterocycles. The Labute approximate surface area is 153 Å². The summed E-state index contributed by atoms with van der Waals surface area (Å²) in [5.74, 6) is -0.420. The highest BCUT2D eigenvalue weighted by Crippen LogP contribution is 2.22. The molecule has 0 aliphatic carbocycles. The van der Waals surface area contributed by atoms with E-state index in [-0.39, 0.29) is 18.0 Å². The average molecular weight is 355 g/mol. The minimum atomic E-state index is -0.571. The van der Waals surface area contributed by atoms with Crippen molar-refractivity contribution in [2.45, 2.75) is 33.7 Å². The van der Waals surface area contributed by atoms with Crippen LogP contribution in [0.15, 0.2) is 42.5 Å². The summed E-state index contributed by atoms with van der Waals surface area (Å²) in [6.07, 6.45) is 0. The number of hydrogen-bond acceptors (Lipinski definition) is 3. The lowest BCUT2D eigenvalue weighted by Crippen LogP contribution is -2.35. The van der Waals surface area contributed by atoms with Gasteiger partial charge >= 0.3 is 6.03 Å². The second kappa shape index (κ2) is 8.49. The van der Waals surface area contributed by atoms with Crippen LogP contribution in [0, 0.1) is 19.8 Å². The first kappa shape index (κ1) is 19.5. The van der Waals surface area contributed by atoms with E-state index in [4.69, 9.17) is 5.21 Å². The zero-order valence-electron chi connectivity index (χ0n) is 15.5. The maximum atomic E-state index is 12.4. The Balaban J connectivity index is 2.10. The maximum Gasteiger partial charge on any atom is 0.319 e. The van der Waals surface area contributed by atoms with Crippen LogP contribution in [0.4, 0.5) is 10.5 Å². The number of anilines is 1. The van der Waals surface area contributed by atoms with E-state index in [9.17, 15) is 9.59 Å². The van der Waals surface area contributed by atoms with E-state index >= 15 is 0 Å². The quantitative estimate of drug-likeness (QED) is 0.484. The first-order valence-electron chi connectivity index (χ1n) is 8.51. The minimum Gasteiger partial charge on any atom is -0.331 e. The number of urea groups is 1. The highest BCUT2D eigenvalue weighted by Gasteiger charge is 2.19. The average Bonchev–Trinajstić information content (AvgIpc) is 2.62. The van der Waals surface area contributed by atoms with E-state index in [2.05, 4.69) is 10.6 Å². The molecule has 2 aromatic carbocycles. The van der Waals surface area contributed by atoms with Gasteiger partial charge in [-0.2, -0.15) is 0 Å². The van der Waals surface area contributed by atoms with Gasteiger partial charge in [0, 0.05) is 11.3 Å². The van der Waals surface area contributed by atoms with E-state index in [0.717, 1.165) is 16.8 Å². The molecule has 0 spiro atoms. The van der Waals surface area contributed by atoms with Crippen LogP contribution in [0.1, 0.15) is 46.9 Å². The fourth-order valence-corrected chi connectivity index (χ4v) is 2.67. The Morgan fingerprint density at radius 2 is 1.62 bits per heavy atom. The molecule has 0 fully saturated rings. The van der Waals surface area contributed by atoms with Crippen LogP contribution in [0.3, 0.4) is 0 Å². The summed E-state index contributed by atoms with van der Waals surface area (Å²) in [5, 5.41) is 14.5. The number of nitrogens with one attached hydrogen (secondary N) is 3. The lowest BCUT2D eigenvalue weighted by atomic mass is 9.95. The Morgan fingerprint density at radius 1 is 0.962 bits per heavy atom. The Hall–Kier alpha value is -2.86. The Bertz CT molecular complexity index is 785. The number of hydroxylamine groups is 1.